The van der Waals surface area contributed by atoms with Gasteiger partial charge in [0.05, 0.1) is 0 Å². The first kappa shape index (κ1) is 16.9. The molecule has 2 heterocycles. The summed E-state index contributed by atoms with van der Waals surface area (Å²) in [5, 5.41) is 0. The Morgan fingerprint density at radius 1 is 1.14 bits per heavy atom. The van der Waals surface area contributed by atoms with Crippen LogP contribution in [0.15, 0.2) is 0 Å². The van der Waals surface area contributed by atoms with Crippen molar-refractivity contribution in [3.05, 3.63) is 0 Å². The topological polar surface area (TPSA) is 49.9 Å². The van der Waals surface area contributed by atoms with Gasteiger partial charge in [-0.2, -0.15) is 13.2 Å². The van der Waals surface area contributed by atoms with E-state index in [0.29, 0.717) is 31.8 Å². The lowest BCUT2D eigenvalue weighted by Gasteiger charge is -2.34. The SMILES string of the molecule is CC1CCN(C(=O)C2CCCN2C(=O)OCC(F)(F)F)CC1. The highest BCUT2D eigenvalue weighted by Gasteiger charge is 2.39. The second-order valence-electron chi connectivity index (χ2n) is 6.03. The minimum Gasteiger partial charge on any atom is -0.440 e. The third-order valence-corrected chi connectivity index (χ3v) is 4.23. The summed E-state index contributed by atoms with van der Waals surface area (Å²) >= 11 is 0. The Kier molecular flexibility index (Phi) is 5.18. The lowest BCUT2D eigenvalue weighted by Crippen LogP contribution is -2.50. The predicted octanol–water partition coefficient (Wildman–Crippen LogP) is 2.41. The predicted molar refractivity (Wildman–Crippen MR) is 72.1 cm³/mol. The highest BCUT2D eigenvalue weighted by Crippen LogP contribution is 2.24. The van der Waals surface area contributed by atoms with E-state index in [1.54, 1.807) is 4.90 Å². The zero-order valence-electron chi connectivity index (χ0n) is 12.6. The second-order valence-corrected chi connectivity index (χ2v) is 6.03. The van der Waals surface area contributed by atoms with E-state index in [4.69, 9.17) is 0 Å². The van der Waals surface area contributed by atoms with Crippen LogP contribution < -0.4 is 0 Å². The van der Waals surface area contributed by atoms with Crippen LogP contribution in [0.1, 0.15) is 32.6 Å². The van der Waals surface area contributed by atoms with Crippen LogP contribution in [0.4, 0.5) is 18.0 Å². The molecular formula is C14H21F3N2O3. The van der Waals surface area contributed by atoms with Crippen LogP contribution in [0.2, 0.25) is 0 Å². The summed E-state index contributed by atoms with van der Waals surface area (Å²) in [6.07, 6.45) is -2.71. The van der Waals surface area contributed by atoms with Gasteiger partial charge in [-0.25, -0.2) is 4.79 Å². The van der Waals surface area contributed by atoms with Gasteiger partial charge in [0.25, 0.3) is 0 Å². The third-order valence-electron chi connectivity index (χ3n) is 4.23. The van der Waals surface area contributed by atoms with Crippen LogP contribution in [-0.4, -0.2) is 60.3 Å². The van der Waals surface area contributed by atoms with Crippen molar-refractivity contribution in [1.29, 1.82) is 0 Å². The van der Waals surface area contributed by atoms with Crippen LogP contribution in [0, 0.1) is 5.92 Å². The zero-order chi connectivity index (χ0) is 16.3. The summed E-state index contributed by atoms with van der Waals surface area (Å²) in [7, 11) is 0. The smallest absolute Gasteiger partial charge is 0.422 e. The number of halogens is 3. The number of nitrogens with zero attached hydrogens (tertiary/aromatic N) is 2. The van der Waals surface area contributed by atoms with Crippen molar-refractivity contribution in [2.24, 2.45) is 5.92 Å². The van der Waals surface area contributed by atoms with Gasteiger partial charge in [0.1, 0.15) is 6.04 Å². The molecule has 126 valence electrons. The quantitative estimate of drug-likeness (QED) is 0.784. The Hall–Kier alpha value is -1.47. The maximum Gasteiger partial charge on any atom is 0.422 e. The molecule has 1 unspecified atom stereocenters. The average molecular weight is 322 g/mol. The fourth-order valence-corrected chi connectivity index (χ4v) is 2.91. The second kappa shape index (κ2) is 6.75. The van der Waals surface area contributed by atoms with E-state index in [9.17, 15) is 22.8 Å². The van der Waals surface area contributed by atoms with Crippen LogP contribution in [-0.2, 0) is 9.53 Å². The number of likely N-dealkylation sites (tertiary alicyclic amines) is 2. The van der Waals surface area contributed by atoms with E-state index in [0.717, 1.165) is 17.7 Å². The molecule has 0 aliphatic carbocycles. The van der Waals surface area contributed by atoms with E-state index in [2.05, 4.69) is 11.7 Å². The standard InChI is InChI=1S/C14H21F3N2O3/c1-10-4-7-18(8-5-10)12(20)11-3-2-6-19(11)13(21)22-9-14(15,16)17/h10-11H,2-9H2,1H3. The first-order valence-electron chi connectivity index (χ1n) is 7.57. The largest absolute Gasteiger partial charge is 0.440 e. The molecule has 0 aromatic rings. The Morgan fingerprint density at radius 3 is 2.36 bits per heavy atom. The number of carbonyl (C=O) groups excluding carboxylic acids is 2. The Balaban J connectivity index is 1.92. The molecule has 1 atom stereocenters. The summed E-state index contributed by atoms with van der Waals surface area (Å²) in [5.74, 6) is 0.397. The number of alkyl halides is 3. The van der Waals surface area contributed by atoms with Crippen molar-refractivity contribution in [1.82, 2.24) is 9.80 Å². The molecule has 8 heteroatoms. The molecule has 0 bridgehead atoms. The molecule has 0 aromatic heterocycles. The highest BCUT2D eigenvalue weighted by molar-refractivity contribution is 5.86. The summed E-state index contributed by atoms with van der Waals surface area (Å²) in [6.45, 7) is 2.05. The van der Waals surface area contributed by atoms with Crippen LogP contribution in [0.3, 0.4) is 0 Å². The Bertz CT molecular complexity index is 420. The van der Waals surface area contributed by atoms with Crippen molar-refractivity contribution in [3.63, 3.8) is 0 Å². The number of hydrogen-bond donors (Lipinski definition) is 0. The minimum absolute atomic E-state index is 0.173. The van der Waals surface area contributed by atoms with Crippen LogP contribution in [0.25, 0.3) is 0 Å². The molecule has 0 saturated carbocycles. The molecule has 0 aromatic carbocycles. The summed E-state index contributed by atoms with van der Waals surface area (Å²) in [6, 6.07) is -0.686. The summed E-state index contributed by atoms with van der Waals surface area (Å²) in [4.78, 5) is 27.1. The van der Waals surface area contributed by atoms with Gasteiger partial charge in [0, 0.05) is 19.6 Å². The average Bonchev–Trinajstić information content (AvgIpc) is 2.93. The van der Waals surface area contributed by atoms with Crippen LogP contribution >= 0.6 is 0 Å². The third kappa shape index (κ3) is 4.27. The molecule has 5 nitrogen and oxygen atoms in total. The molecule has 0 N–H and O–H groups in total. The molecule has 2 amide bonds. The summed E-state index contributed by atoms with van der Waals surface area (Å²) < 4.78 is 40.6. The molecule has 2 saturated heterocycles. The molecule has 2 rings (SSSR count). The van der Waals surface area contributed by atoms with E-state index in [1.807, 2.05) is 0 Å². The number of rotatable bonds is 2. The van der Waals surface area contributed by atoms with E-state index >= 15 is 0 Å². The van der Waals surface area contributed by atoms with Crippen molar-refractivity contribution < 1.29 is 27.5 Å². The molecule has 2 aliphatic heterocycles. The van der Waals surface area contributed by atoms with E-state index < -0.39 is 24.9 Å². The maximum atomic E-state index is 12.5. The fourth-order valence-electron chi connectivity index (χ4n) is 2.91. The van der Waals surface area contributed by atoms with E-state index in [-0.39, 0.29) is 12.5 Å². The van der Waals surface area contributed by atoms with Gasteiger partial charge in [-0.1, -0.05) is 6.92 Å². The minimum atomic E-state index is -4.56. The monoisotopic (exact) mass is 322 g/mol. The van der Waals surface area contributed by atoms with Gasteiger partial charge in [-0.05, 0) is 31.6 Å². The van der Waals surface area contributed by atoms with Gasteiger partial charge >= 0.3 is 12.3 Å². The van der Waals surface area contributed by atoms with Gasteiger partial charge in [-0.15, -0.1) is 0 Å². The van der Waals surface area contributed by atoms with Crippen molar-refractivity contribution in [3.8, 4) is 0 Å². The van der Waals surface area contributed by atoms with Gasteiger partial charge < -0.3 is 9.64 Å². The maximum absolute atomic E-state index is 12.5. The Labute approximate surface area is 127 Å². The number of amides is 2. The molecular weight excluding hydrogens is 301 g/mol. The van der Waals surface area contributed by atoms with E-state index in [1.165, 1.54) is 0 Å². The van der Waals surface area contributed by atoms with Crippen molar-refractivity contribution in [2.75, 3.05) is 26.2 Å². The van der Waals surface area contributed by atoms with Crippen LogP contribution in [0.5, 0.6) is 0 Å². The van der Waals surface area contributed by atoms with Gasteiger partial charge in [0.15, 0.2) is 6.61 Å². The molecule has 2 aliphatic rings. The lowest BCUT2D eigenvalue weighted by atomic mass is 9.98. The highest BCUT2D eigenvalue weighted by atomic mass is 19.4. The summed E-state index contributed by atoms with van der Waals surface area (Å²) in [5.41, 5.74) is 0. The molecule has 2 fully saturated rings. The molecule has 0 radical (unpaired) electrons. The number of piperidine rings is 1. The fraction of sp³-hybridized carbons (Fsp3) is 0.857. The van der Waals surface area contributed by atoms with Gasteiger partial charge in [0.2, 0.25) is 5.91 Å². The lowest BCUT2D eigenvalue weighted by molar-refractivity contribution is -0.163. The molecule has 22 heavy (non-hydrogen) atoms. The number of carbonyl (C=O) groups is 2. The first-order chi connectivity index (χ1) is 10.3. The number of ether oxygens (including phenoxy) is 1. The Morgan fingerprint density at radius 2 is 1.77 bits per heavy atom. The molecule has 0 spiro atoms. The normalized spacial score (nSPS) is 23.7. The zero-order valence-corrected chi connectivity index (χ0v) is 12.6. The van der Waals surface area contributed by atoms with Crippen molar-refractivity contribution >= 4 is 12.0 Å². The van der Waals surface area contributed by atoms with Crippen molar-refractivity contribution in [2.45, 2.75) is 44.8 Å². The van der Waals surface area contributed by atoms with Gasteiger partial charge in [-0.3, -0.25) is 9.69 Å². The first-order valence-corrected chi connectivity index (χ1v) is 7.57. The number of hydrogen-bond acceptors (Lipinski definition) is 3.